The Hall–Kier alpha value is -5.54. The molecule has 4 aliphatic heterocycles. The number of rotatable bonds is 14. The second kappa shape index (κ2) is 19.1. The summed E-state index contributed by atoms with van der Waals surface area (Å²) in [5.74, 6) is 0.0244. The van der Waals surface area contributed by atoms with Gasteiger partial charge >= 0.3 is 0 Å². The van der Waals surface area contributed by atoms with Crippen molar-refractivity contribution in [3.63, 3.8) is 0 Å². The number of nitro benzene ring substituents is 1. The highest BCUT2D eigenvalue weighted by molar-refractivity contribution is 7.90. The first-order valence-corrected chi connectivity index (χ1v) is 24.4. The van der Waals surface area contributed by atoms with Crippen LogP contribution in [0.1, 0.15) is 78.6 Å². The molecule has 5 aromatic rings. The van der Waals surface area contributed by atoms with Crippen LogP contribution in [-0.4, -0.2) is 69.1 Å². The Kier molecular flexibility index (Phi) is 12.9. The summed E-state index contributed by atoms with van der Waals surface area (Å²) >= 11 is 1.92. The van der Waals surface area contributed by atoms with Gasteiger partial charge in [-0.15, -0.1) is 11.3 Å². The van der Waals surface area contributed by atoms with Gasteiger partial charge in [0.2, 0.25) is 0 Å². The summed E-state index contributed by atoms with van der Waals surface area (Å²) in [5.41, 5.74) is 4.51. The summed E-state index contributed by atoms with van der Waals surface area (Å²) in [7, 11) is -4.52. The Morgan fingerprint density at radius 2 is 1.62 bits per heavy atom. The minimum atomic E-state index is -4.52. The molecule has 4 aliphatic rings. The molecule has 328 valence electrons. The van der Waals surface area contributed by atoms with Gasteiger partial charge in [-0.25, -0.2) is 13.1 Å². The van der Waals surface area contributed by atoms with Crippen molar-refractivity contribution < 1.29 is 27.6 Å². The average molecular weight is 888 g/mol. The molecule has 4 fully saturated rings. The van der Waals surface area contributed by atoms with Crippen molar-refractivity contribution >= 4 is 50.4 Å². The van der Waals surface area contributed by atoms with E-state index in [9.17, 15) is 23.3 Å². The zero-order valence-electron chi connectivity index (χ0n) is 35.2. The highest BCUT2D eigenvalue weighted by Gasteiger charge is 2.36. The van der Waals surface area contributed by atoms with Crippen molar-refractivity contribution in [1.29, 1.82) is 0 Å². The number of ether oxygens (including phenoxy) is 2. The molecule has 0 spiro atoms. The van der Waals surface area contributed by atoms with Crippen LogP contribution in [0.25, 0.3) is 16.5 Å². The maximum absolute atomic E-state index is 13.8. The molecule has 0 aliphatic carbocycles. The summed E-state index contributed by atoms with van der Waals surface area (Å²) in [5, 5.41) is 15.2. The van der Waals surface area contributed by atoms with Crippen LogP contribution in [0.5, 0.6) is 11.5 Å². The van der Waals surface area contributed by atoms with Gasteiger partial charge in [0.25, 0.3) is 21.6 Å². The first-order chi connectivity index (χ1) is 30.7. The minimum absolute atomic E-state index is 0.00430. The third-order valence-electron chi connectivity index (χ3n) is 13.0. The van der Waals surface area contributed by atoms with Crippen LogP contribution in [0.2, 0.25) is 0 Å². The van der Waals surface area contributed by atoms with Crippen LogP contribution < -0.4 is 19.7 Å². The van der Waals surface area contributed by atoms with E-state index in [1.54, 1.807) is 30.3 Å². The van der Waals surface area contributed by atoms with Crippen LogP contribution in [0.3, 0.4) is 0 Å². The van der Waals surface area contributed by atoms with Crippen LogP contribution in [-0.2, 0) is 21.3 Å². The molecule has 1 amide bonds. The third-order valence-corrected chi connectivity index (χ3v) is 15.4. The van der Waals surface area contributed by atoms with Gasteiger partial charge in [0, 0.05) is 79.1 Å². The van der Waals surface area contributed by atoms with Gasteiger partial charge < -0.3 is 19.7 Å². The number of carbonyl (C=O) groups is 1. The zero-order valence-corrected chi connectivity index (χ0v) is 36.9. The predicted molar refractivity (Wildman–Crippen MR) is 248 cm³/mol. The molecule has 0 radical (unpaired) electrons. The molecule has 4 aromatic carbocycles. The van der Waals surface area contributed by atoms with E-state index in [-0.39, 0.29) is 22.9 Å². The highest BCUT2D eigenvalue weighted by Crippen LogP contribution is 2.40. The normalized spacial score (nSPS) is 19.4. The van der Waals surface area contributed by atoms with Crippen molar-refractivity contribution in [3.05, 3.63) is 135 Å². The van der Waals surface area contributed by atoms with Gasteiger partial charge in [-0.1, -0.05) is 60.5 Å². The Morgan fingerprint density at radius 1 is 0.873 bits per heavy atom. The fourth-order valence-electron chi connectivity index (χ4n) is 9.55. The molecule has 63 heavy (non-hydrogen) atoms. The maximum Gasteiger partial charge on any atom is 0.293 e. The zero-order chi connectivity index (χ0) is 43.3. The maximum atomic E-state index is 13.8. The number of nitrogens with one attached hydrogen (secondary N) is 2. The molecule has 2 bridgehead atoms. The Labute approximate surface area is 373 Å². The summed E-state index contributed by atoms with van der Waals surface area (Å²) in [4.78, 5) is 32.6. The van der Waals surface area contributed by atoms with Crippen molar-refractivity contribution in [2.24, 2.45) is 5.92 Å². The number of sulfonamides is 1. The van der Waals surface area contributed by atoms with Gasteiger partial charge in [-0.3, -0.25) is 19.8 Å². The van der Waals surface area contributed by atoms with Crippen molar-refractivity contribution in [3.8, 4) is 21.9 Å². The number of fused-ring (bicyclic) bond motifs is 2. The molecule has 1 aromatic heterocycles. The Balaban J connectivity index is 0.887. The van der Waals surface area contributed by atoms with E-state index in [1.165, 1.54) is 70.7 Å². The average Bonchev–Trinajstić information content (AvgIpc) is 3.84. The number of para-hydroxylation sites is 1. The van der Waals surface area contributed by atoms with Crippen molar-refractivity contribution in [1.82, 2.24) is 9.62 Å². The number of nitrogens with zero attached hydrogens (tertiary/aromatic N) is 3. The fraction of sp³-hybridized carbons (Fsp3) is 0.367. The summed E-state index contributed by atoms with van der Waals surface area (Å²) in [6.45, 7) is 4.31. The number of piperidine rings is 2. The van der Waals surface area contributed by atoms with E-state index in [0.717, 1.165) is 69.2 Å². The van der Waals surface area contributed by atoms with Crippen LogP contribution in [0.15, 0.2) is 114 Å². The van der Waals surface area contributed by atoms with E-state index in [1.807, 2.05) is 29.5 Å². The smallest absolute Gasteiger partial charge is 0.293 e. The lowest BCUT2D eigenvalue weighted by molar-refractivity contribution is -0.384. The SMILES string of the molecule is O=C(NS(=O)(=O)c1ccc(NCC2CCOCC2)c([N+](=O)[O-])c1)c1ccc(N2CCC(=Cc3ccccc3-c3ccc(CN4C5CCC[C@H]4CC5)s3)CC2)cc1Oc1ccccc1. The van der Waals surface area contributed by atoms with Crippen LogP contribution in [0, 0.1) is 16.0 Å². The second-order valence-corrected chi connectivity index (χ2v) is 19.9. The summed E-state index contributed by atoms with van der Waals surface area (Å²) < 4.78 is 41.0. The van der Waals surface area contributed by atoms with E-state index >= 15 is 0 Å². The molecule has 12 nitrogen and oxygen atoms in total. The molecule has 1 unspecified atom stereocenters. The lowest BCUT2D eigenvalue weighted by atomic mass is 9.97. The second-order valence-electron chi connectivity index (χ2n) is 17.0. The molecule has 9 rings (SSSR count). The molecule has 14 heteroatoms. The van der Waals surface area contributed by atoms with E-state index in [4.69, 9.17) is 9.47 Å². The lowest BCUT2D eigenvalue weighted by Crippen LogP contribution is -2.38. The Morgan fingerprint density at radius 3 is 2.38 bits per heavy atom. The largest absolute Gasteiger partial charge is 0.456 e. The summed E-state index contributed by atoms with van der Waals surface area (Å²) in [6.07, 6.45) is 12.5. The number of amides is 1. The molecule has 4 saturated heterocycles. The van der Waals surface area contributed by atoms with Crippen LogP contribution in [0.4, 0.5) is 17.1 Å². The minimum Gasteiger partial charge on any atom is -0.456 e. The highest BCUT2D eigenvalue weighted by atomic mass is 32.2. The number of anilines is 2. The molecule has 2 atom stereocenters. The number of hydrogen-bond donors (Lipinski definition) is 2. The predicted octanol–water partition coefficient (Wildman–Crippen LogP) is 10.3. The molecular weight excluding hydrogens is 835 g/mol. The summed E-state index contributed by atoms with van der Waals surface area (Å²) in [6, 6.07) is 32.5. The number of carbonyl (C=O) groups excluding carboxylic acids is 1. The molecule has 2 N–H and O–H groups in total. The molecular formula is C49H53N5O7S2. The third kappa shape index (κ3) is 9.99. The van der Waals surface area contributed by atoms with E-state index in [0.29, 0.717) is 25.5 Å². The number of benzene rings is 4. The quantitative estimate of drug-likeness (QED) is 0.0817. The Bertz CT molecular complexity index is 2570. The van der Waals surface area contributed by atoms with Crippen molar-refractivity contribution in [2.75, 3.05) is 43.1 Å². The standard InChI is InChI=1S/C49H53N5O7S2/c55-49(51-63(58,59)42-17-19-45(46(31-42)54(56)57)50-32-35-23-27-60-28-24-35)44-18-15-39(30-47(44)61-40-10-2-1-3-11-40)52-25-21-34(22-26-52)29-36-7-4-5-12-43(36)48-20-16-41(62-48)33-53-37-8-6-9-38(53)14-13-37/h1-5,7,10-12,15-20,29-31,35,37-38,50H,6,8-9,13-14,21-28,32-33H2,(H,51,55)/t37-,38?/m0/s1. The number of hydrogen-bond acceptors (Lipinski definition) is 11. The fourth-order valence-corrected chi connectivity index (χ4v) is 11.6. The lowest BCUT2D eigenvalue weighted by Gasteiger charge is -2.34. The van der Waals surface area contributed by atoms with Crippen LogP contribution >= 0.6 is 11.3 Å². The topological polar surface area (TPSA) is 143 Å². The van der Waals surface area contributed by atoms with E-state index in [2.05, 4.69) is 62.3 Å². The molecule has 0 saturated carbocycles. The van der Waals surface area contributed by atoms with E-state index < -0.39 is 31.4 Å². The van der Waals surface area contributed by atoms with Gasteiger partial charge in [0.05, 0.1) is 15.4 Å². The van der Waals surface area contributed by atoms with Gasteiger partial charge in [-0.05, 0) is 117 Å². The van der Waals surface area contributed by atoms with Crippen molar-refractivity contribution in [2.45, 2.75) is 81.3 Å². The molecule has 5 heterocycles. The van der Waals surface area contributed by atoms with Gasteiger partial charge in [-0.2, -0.15) is 0 Å². The first-order valence-electron chi connectivity index (χ1n) is 22.1. The van der Waals surface area contributed by atoms with Gasteiger partial charge in [0.1, 0.15) is 17.2 Å². The number of thiophene rings is 1. The van der Waals surface area contributed by atoms with Gasteiger partial charge in [0.15, 0.2) is 0 Å². The monoisotopic (exact) mass is 887 g/mol. The first kappa shape index (κ1) is 42.7. The number of nitro groups is 1.